The van der Waals surface area contributed by atoms with Crippen molar-refractivity contribution in [2.75, 3.05) is 26.4 Å². The number of aliphatic hydroxyl groups excluding tert-OH is 11. The number of carboxylic acids is 1. The molecule has 26 atom stereocenters. The fourth-order valence-corrected chi connectivity index (χ4v) is 16.2. The van der Waals surface area contributed by atoms with Crippen LogP contribution in [0.3, 0.4) is 0 Å². The molecule has 3 heterocycles. The number of carboxylic acid groups (broad SMARTS) is 1. The van der Waals surface area contributed by atoms with Crippen molar-refractivity contribution in [3.63, 3.8) is 0 Å². The van der Waals surface area contributed by atoms with Crippen molar-refractivity contribution in [1.29, 1.82) is 0 Å². The van der Waals surface area contributed by atoms with Gasteiger partial charge >= 0.3 is 17.9 Å². The molecular formula is C55H86O23. The van der Waals surface area contributed by atoms with E-state index in [1.54, 1.807) is 19.9 Å². The van der Waals surface area contributed by atoms with E-state index >= 15 is 0 Å². The number of carbonyl (C=O) groups is 3. The van der Waals surface area contributed by atoms with Gasteiger partial charge in [-0.3, -0.25) is 9.59 Å². The van der Waals surface area contributed by atoms with Gasteiger partial charge in [0.1, 0.15) is 84.8 Å². The van der Waals surface area contributed by atoms with Gasteiger partial charge in [-0.25, -0.2) is 4.79 Å². The lowest BCUT2D eigenvalue weighted by Crippen LogP contribution is -2.70. The van der Waals surface area contributed by atoms with Gasteiger partial charge in [-0.15, -0.1) is 0 Å². The van der Waals surface area contributed by atoms with Crippen LogP contribution in [0, 0.1) is 50.2 Å². The summed E-state index contributed by atoms with van der Waals surface area (Å²) < 4.78 is 48.8. The number of fused-ring (bicyclic) bond motifs is 7. The third-order valence-corrected chi connectivity index (χ3v) is 21.0. The lowest BCUT2D eigenvalue weighted by atomic mass is 9.33. The van der Waals surface area contributed by atoms with Crippen LogP contribution in [0.5, 0.6) is 0 Å². The van der Waals surface area contributed by atoms with E-state index in [2.05, 4.69) is 26.8 Å². The largest absolute Gasteiger partial charge is 0.481 e. The van der Waals surface area contributed by atoms with Crippen molar-refractivity contribution in [2.24, 2.45) is 50.2 Å². The Kier molecular flexibility index (Phi) is 17.6. The van der Waals surface area contributed by atoms with Crippen LogP contribution in [-0.2, 0) is 52.3 Å². The van der Waals surface area contributed by atoms with Crippen LogP contribution in [-0.4, -0.2) is 216 Å². The van der Waals surface area contributed by atoms with E-state index in [0.29, 0.717) is 50.5 Å². The summed E-state index contributed by atoms with van der Waals surface area (Å²) in [6.07, 6.45) is -22.0. The van der Waals surface area contributed by atoms with E-state index in [1.807, 2.05) is 20.8 Å². The first-order valence-electron chi connectivity index (χ1n) is 27.6. The van der Waals surface area contributed by atoms with E-state index < -0.39 is 187 Å². The molecule has 0 aromatic carbocycles. The van der Waals surface area contributed by atoms with Crippen molar-refractivity contribution in [3.8, 4) is 0 Å². The predicted molar refractivity (Wildman–Crippen MR) is 268 cm³/mol. The van der Waals surface area contributed by atoms with Crippen LogP contribution in [0.1, 0.15) is 114 Å². The first-order chi connectivity index (χ1) is 36.5. The molecule has 78 heavy (non-hydrogen) atoms. The normalized spacial score (nSPS) is 50.2. The number of esters is 2. The van der Waals surface area contributed by atoms with Crippen LogP contribution in [0.25, 0.3) is 0 Å². The molecule has 3 aliphatic heterocycles. The Labute approximate surface area is 454 Å². The molecule has 3 saturated heterocycles. The Morgan fingerprint density at radius 3 is 1.73 bits per heavy atom. The summed E-state index contributed by atoms with van der Waals surface area (Å²) in [6.45, 7) is 14.2. The Morgan fingerprint density at radius 2 is 1.21 bits per heavy atom. The fraction of sp³-hybridized carbons (Fsp3) is 0.873. The minimum atomic E-state index is -1.96. The van der Waals surface area contributed by atoms with Gasteiger partial charge in [0.15, 0.2) is 25.0 Å². The minimum absolute atomic E-state index is 0.00542. The van der Waals surface area contributed by atoms with Gasteiger partial charge in [0.25, 0.3) is 0 Å². The molecule has 444 valence electrons. The number of allylic oxidation sites excluding steroid dienone is 3. The van der Waals surface area contributed by atoms with Crippen LogP contribution >= 0.6 is 0 Å². The Morgan fingerprint density at radius 1 is 0.641 bits per heavy atom. The van der Waals surface area contributed by atoms with Crippen LogP contribution in [0.2, 0.25) is 0 Å². The fourth-order valence-electron chi connectivity index (χ4n) is 16.2. The minimum Gasteiger partial charge on any atom is -0.481 e. The molecular weight excluding hydrogens is 1030 g/mol. The van der Waals surface area contributed by atoms with Crippen molar-refractivity contribution in [1.82, 2.24) is 0 Å². The molecule has 5 aliphatic carbocycles. The van der Waals surface area contributed by atoms with Crippen LogP contribution in [0.4, 0.5) is 0 Å². The van der Waals surface area contributed by atoms with Crippen molar-refractivity contribution in [2.45, 2.75) is 224 Å². The zero-order valence-electron chi connectivity index (χ0n) is 46.1. The Hall–Kier alpha value is -2.79. The molecule has 0 radical (unpaired) electrons. The third kappa shape index (κ3) is 9.72. The summed E-state index contributed by atoms with van der Waals surface area (Å²) in [5.41, 5.74) is -3.59. The highest BCUT2D eigenvalue weighted by Gasteiger charge is 2.74. The second-order valence-electron chi connectivity index (χ2n) is 25.4. The van der Waals surface area contributed by atoms with Gasteiger partial charge in [0.05, 0.1) is 32.5 Å². The highest BCUT2D eigenvalue weighted by atomic mass is 16.8. The average molecular weight is 1120 g/mol. The molecule has 12 N–H and O–H groups in total. The zero-order chi connectivity index (χ0) is 57.6. The maximum absolute atomic E-state index is 14.0. The Balaban J connectivity index is 1.10. The second-order valence-corrected chi connectivity index (χ2v) is 25.4. The lowest BCUT2D eigenvalue weighted by Gasteiger charge is -2.71. The number of hydrogen-bond donors (Lipinski definition) is 12. The van der Waals surface area contributed by atoms with Gasteiger partial charge < -0.3 is 99.2 Å². The summed E-state index contributed by atoms with van der Waals surface area (Å²) in [7, 11) is 0. The molecule has 0 spiro atoms. The smallest absolute Gasteiger partial charge is 0.333 e. The number of aliphatic hydroxyl groups is 11. The zero-order valence-corrected chi connectivity index (χ0v) is 46.1. The molecule has 0 amide bonds. The van der Waals surface area contributed by atoms with E-state index in [9.17, 15) is 75.7 Å². The summed E-state index contributed by atoms with van der Waals surface area (Å²) >= 11 is 0. The summed E-state index contributed by atoms with van der Waals surface area (Å²) in [5, 5.41) is 130. The quantitative estimate of drug-likeness (QED) is 0.0460. The summed E-state index contributed by atoms with van der Waals surface area (Å²) in [4.78, 5) is 40.4. The van der Waals surface area contributed by atoms with Gasteiger partial charge in [0.2, 0.25) is 0 Å². The number of carbonyl (C=O) groups excluding carboxylic acids is 2. The van der Waals surface area contributed by atoms with Crippen molar-refractivity contribution in [3.05, 3.63) is 23.3 Å². The molecule has 8 rings (SSSR count). The van der Waals surface area contributed by atoms with Crippen LogP contribution < -0.4 is 0 Å². The average Bonchev–Trinajstić information content (AvgIpc) is 3.52. The summed E-state index contributed by atoms with van der Waals surface area (Å²) in [5.74, 6) is -3.24. The van der Waals surface area contributed by atoms with Gasteiger partial charge in [-0.2, -0.15) is 0 Å². The molecule has 0 aromatic heterocycles. The van der Waals surface area contributed by atoms with Crippen LogP contribution in [0.15, 0.2) is 23.3 Å². The third-order valence-electron chi connectivity index (χ3n) is 21.0. The number of ether oxygens (including phenoxy) is 8. The maximum atomic E-state index is 14.0. The molecule has 0 bridgehead atoms. The van der Waals surface area contributed by atoms with E-state index in [1.165, 1.54) is 6.92 Å². The molecule has 0 aromatic rings. The van der Waals surface area contributed by atoms with Crippen molar-refractivity contribution >= 4 is 17.9 Å². The first kappa shape index (κ1) is 61.3. The number of rotatable bonds is 14. The molecule has 23 heteroatoms. The van der Waals surface area contributed by atoms with E-state index in [4.69, 9.17) is 37.9 Å². The maximum Gasteiger partial charge on any atom is 0.333 e. The number of aliphatic carboxylic acids is 1. The predicted octanol–water partition coefficient (Wildman–Crippen LogP) is -0.292. The SMILES string of the molecule is C/C=C(\C)C(=O)O[C@H]1[C@H](OC(C)=O)[C@]2(C(=O)O)CC[C@]3(C)C(=CC[C@@H]4[C@@]5(C)CC[C@H](O[C@@H]6O[C@H](CO)[C@@H](O[C@@H]7O[C@H](CO)[C@@H](O)[C@H](O)[C@H]7O)[C@H](O)[C@H]6O[C@@H]6O[C@H](CO)[C@H](O)[C@H](O)[C@H]6O)[C@](C)(CO)[C@@H]5CC[C@]43C)[C@@H]2CC1(C)C. The number of hydrogen-bond acceptors (Lipinski definition) is 22. The molecule has 23 nitrogen and oxygen atoms in total. The molecule has 0 unspecified atom stereocenters. The lowest BCUT2D eigenvalue weighted by molar-refractivity contribution is -0.396. The van der Waals surface area contributed by atoms with Gasteiger partial charge in [-0.05, 0) is 93.3 Å². The van der Waals surface area contributed by atoms with Gasteiger partial charge in [0, 0.05) is 29.2 Å². The molecule has 7 fully saturated rings. The second kappa shape index (κ2) is 22.4. The molecule has 4 saturated carbocycles. The Bertz CT molecular complexity index is 2260. The first-order valence-corrected chi connectivity index (χ1v) is 27.6. The van der Waals surface area contributed by atoms with Gasteiger partial charge in [-0.1, -0.05) is 59.3 Å². The summed E-state index contributed by atoms with van der Waals surface area (Å²) in [6, 6.07) is 0. The van der Waals surface area contributed by atoms with Crippen molar-refractivity contribution < 1.29 is 114 Å². The standard InChI is InChI=1S/C55H86O23/c1-10-24(2)45(68)78-43-44(71-25(3)60)55(49(69)70)18-17-53(8)26(27(55)19-50(43,4)5)11-12-32-51(6)15-14-33(52(7,23-59)31(51)13-16-54(32,53)9)75-48-42(77-47-39(66)37(64)35(62)29(21-57)73-47)40(67)41(30(22-58)74-48)76-46-38(65)36(63)34(61)28(20-56)72-46/h10-11,27-44,46-48,56-59,61-67H,12-23H2,1-9H3,(H,69,70)/b24-10+/t27-,28+,29+,30+,31+,32+,33-,34+,35-,36-,37-,38+,39+,40-,41+,42+,43-,44-,46-,47-,48-,51-,52+,53+,54+,55-/m0/s1. The van der Waals surface area contributed by atoms with E-state index in [0.717, 1.165) is 5.57 Å². The van der Waals surface area contributed by atoms with E-state index in [-0.39, 0.29) is 24.9 Å². The monoisotopic (exact) mass is 1110 g/mol. The highest BCUT2D eigenvalue weighted by molar-refractivity contribution is 5.88. The molecule has 8 aliphatic rings. The highest BCUT2D eigenvalue weighted by Crippen LogP contribution is 2.76. The topological polar surface area (TPSA) is 368 Å².